The van der Waals surface area contributed by atoms with Gasteiger partial charge in [0.15, 0.2) is 63.3 Å². The van der Waals surface area contributed by atoms with Crippen LogP contribution in [0, 0.1) is 17.2 Å². The number of hydrogen-bond acceptors (Lipinski definition) is 18. The molecule has 0 spiro atoms. The molecule has 2 fully saturated rings. The lowest BCUT2D eigenvalue weighted by molar-refractivity contribution is -0.118. The number of hydrogen-bond donors (Lipinski definition) is 4. The summed E-state index contributed by atoms with van der Waals surface area (Å²) in [5, 5.41) is 24.8. The predicted octanol–water partition coefficient (Wildman–Crippen LogP) is 8.41. The molecule has 2 aliphatic rings. The van der Waals surface area contributed by atoms with Crippen molar-refractivity contribution in [1.82, 2.24) is 39.0 Å². The molecule has 27 heteroatoms. The van der Waals surface area contributed by atoms with Gasteiger partial charge in [-0.25, -0.2) is 24.7 Å². The van der Waals surface area contributed by atoms with Gasteiger partial charge >= 0.3 is 14.8 Å². The number of carbonyl (C=O) groups excluding carboxylic acids is 2. The zero-order valence-corrected chi connectivity index (χ0v) is 47.4. The van der Waals surface area contributed by atoms with E-state index >= 15 is 0 Å². The summed E-state index contributed by atoms with van der Waals surface area (Å²) in [6, 6.07) is 10.7. The highest BCUT2D eigenvalue weighted by Gasteiger charge is 2.55. The van der Waals surface area contributed by atoms with Crippen LogP contribution in [-0.4, -0.2) is 129 Å². The number of aromatic amines is 1. The van der Waals surface area contributed by atoms with E-state index in [2.05, 4.69) is 80.5 Å². The Balaban J connectivity index is 1.27. The Hall–Kier alpha value is -5.60. The number of nitrogens with zero attached hydrogens (tertiary/aromatic N) is 8. The van der Waals surface area contributed by atoms with Gasteiger partial charge in [0.2, 0.25) is 11.9 Å². The Kier molecular flexibility index (Phi) is 17.5. The van der Waals surface area contributed by atoms with Crippen LogP contribution in [0.1, 0.15) is 98.0 Å². The summed E-state index contributed by atoms with van der Waals surface area (Å²) in [5.41, 5.74) is 0.254. The molecular weight excluding hydrogens is 1030 g/mol. The second-order valence-electron chi connectivity index (χ2n) is 21.7. The van der Waals surface area contributed by atoms with E-state index in [1.165, 1.54) is 23.5 Å². The van der Waals surface area contributed by atoms with E-state index in [-0.39, 0.29) is 69.7 Å². The van der Waals surface area contributed by atoms with Gasteiger partial charge in [-0.3, -0.25) is 33.8 Å². The number of amides is 2. The number of H-pyrrole nitrogens is 1. The van der Waals surface area contributed by atoms with Crippen molar-refractivity contribution in [3.05, 3.63) is 65.2 Å². The summed E-state index contributed by atoms with van der Waals surface area (Å²) in [7, 11) is -7.85. The fraction of sp³-hybridized carbons (Fsp3) is 0.583. The molecule has 2 aliphatic heterocycles. The zero-order valence-electron chi connectivity index (χ0n) is 44.5. The van der Waals surface area contributed by atoms with Crippen molar-refractivity contribution in [3.8, 4) is 6.07 Å². The van der Waals surface area contributed by atoms with Crippen molar-refractivity contribution in [2.24, 2.45) is 5.92 Å². The molecule has 3 unspecified atom stereocenters. The van der Waals surface area contributed by atoms with Gasteiger partial charge in [-0.05, 0) is 54.8 Å². The summed E-state index contributed by atoms with van der Waals surface area (Å²) in [4.78, 5) is 77.0. The minimum Gasteiger partial charge on any atom is -0.450 e. The number of anilines is 2. The van der Waals surface area contributed by atoms with Crippen molar-refractivity contribution in [2.75, 3.05) is 23.8 Å². The van der Waals surface area contributed by atoms with Crippen LogP contribution in [0.4, 0.5) is 16.6 Å². The molecule has 4 N–H and O–H groups in total. The molecule has 2 amide bonds. The molecule has 6 heterocycles. The number of carbonyl (C=O) groups is 3. The smallest absolute Gasteiger partial charge is 0.450 e. The largest absolute Gasteiger partial charge is 0.506 e. The Morgan fingerprint density at radius 2 is 1.44 bits per heavy atom. The molecule has 1 aromatic carbocycles. The Morgan fingerprint density at radius 1 is 0.840 bits per heavy atom. The summed E-state index contributed by atoms with van der Waals surface area (Å²) in [5.74, 6) is -1.20. The molecule has 0 saturated carbocycles. The molecule has 75 heavy (non-hydrogen) atoms. The lowest BCUT2D eigenvalue weighted by atomic mass is 10.1. The van der Waals surface area contributed by atoms with Gasteiger partial charge in [0, 0.05) is 11.5 Å². The number of ether oxygens (including phenoxy) is 3. The van der Waals surface area contributed by atoms with Gasteiger partial charge in [0.05, 0.1) is 44.5 Å². The minimum atomic E-state index is -2.78. The first-order valence-corrected chi connectivity index (χ1v) is 31.6. The van der Waals surface area contributed by atoms with Gasteiger partial charge in [-0.2, -0.15) is 10.2 Å². The number of nitriles is 1. The molecule has 0 bridgehead atoms. The maximum Gasteiger partial charge on any atom is 0.506 e. The highest BCUT2D eigenvalue weighted by atomic mass is 31.2. The standard InChI is InChI=1S/C48H68N11O13PSi2/c1-14-29-33(71-74(10,11)47(4,5)6)36(44(67-29)59-26-53-32-39(59)55-45(57-42(32)62)56-40(60)27(2)3)70-73(65-22-18-21-49)66-23-30-34(72-75(12,13)48(7,8)9)35(69-46(63)64)43(68-30)58-25-52-31-37(50-24-51-38(31)58)54-41(61)28-19-16-15-17-20-28/h15-17,19-20,24-27,29-30,33-36,43-44H,14,18,22-23H2,1-13H3,(H,63,64)(H,50,51,54,61)(H2,55,56,57,60,62)/t29-,30-,33?,34?,35+,36+,43-,44-,73?/m1/s1. The van der Waals surface area contributed by atoms with Crippen LogP contribution in [0.25, 0.3) is 22.3 Å². The number of rotatable bonds is 20. The zero-order chi connectivity index (χ0) is 54.8. The molecule has 2 saturated heterocycles. The number of fused-ring (bicyclic) bond motifs is 2. The highest BCUT2D eigenvalue weighted by Crippen LogP contribution is 2.51. The average molecular weight is 1090 g/mol. The molecule has 24 nitrogen and oxygen atoms in total. The van der Waals surface area contributed by atoms with E-state index in [4.69, 9.17) is 36.6 Å². The van der Waals surface area contributed by atoms with Crippen molar-refractivity contribution in [1.29, 1.82) is 5.26 Å². The normalized spacial score (nSPS) is 22.9. The molecule has 406 valence electrons. The molecule has 0 radical (unpaired) electrons. The van der Waals surface area contributed by atoms with Crippen molar-refractivity contribution in [2.45, 2.75) is 160 Å². The summed E-state index contributed by atoms with van der Waals surface area (Å²) in [6.07, 6.45) is -5.23. The first-order valence-electron chi connectivity index (χ1n) is 24.7. The van der Waals surface area contributed by atoms with Gasteiger partial charge in [0.25, 0.3) is 11.5 Å². The van der Waals surface area contributed by atoms with Crippen LogP contribution >= 0.6 is 8.60 Å². The SMILES string of the molecule is CC[C@H]1O[C@@H](n2cnc3c(=O)[nH]c(NC(=O)C(C)C)nc32)[C@@H](OP(OCCC#N)OC[C@H]2O[C@@H](n3cnc4c(NC(=O)c5ccccc5)ncnc43)[C@@H](OC(=O)O)C2O[Si](C)(C)C(C)(C)C)C1O[Si](C)(C)C(C)(C)C. The Labute approximate surface area is 437 Å². The summed E-state index contributed by atoms with van der Waals surface area (Å²) >= 11 is 0. The number of nitrogens with one attached hydrogen (secondary N) is 3. The molecular formula is C48H68N11O13PSi2. The third-order valence-corrected chi connectivity index (χ3v) is 24.1. The van der Waals surface area contributed by atoms with E-state index in [0.29, 0.717) is 12.0 Å². The second-order valence-corrected chi connectivity index (χ2v) is 32.3. The van der Waals surface area contributed by atoms with Crippen LogP contribution in [0.15, 0.2) is 54.1 Å². The van der Waals surface area contributed by atoms with E-state index in [1.54, 1.807) is 48.7 Å². The van der Waals surface area contributed by atoms with Crippen molar-refractivity contribution < 1.29 is 56.1 Å². The van der Waals surface area contributed by atoms with Gasteiger partial charge in [0.1, 0.15) is 30.7 Å². The van der Waals surface area contributed by atoms with E-state index in [9.17, 15) is 29.5 Å². The van der Waals surface area contributed by atoms with E-state index in [0.717, 1.165) is 0 Å². The number of imidazole rings is 2. The maximum atomic E-state index is 13.4. The quantitative estimate of drug-likeness (QED) is 0.0246. The summed E-state index contributed by atoms with van der Waals surface area (Å²) < 4.78 is 56.3. The van der Waals surface area contributed by atoms with Crippen LogP contribution in [0.5, 0.6) is 0 Å². The Morgan fingerprint density at radius 3 is 2.04 bits per heavy atom. The third-order valence-electron chi connectivity index (χ3n) is 14.0. The third kappa shape index (κ3) is 12.7. The molecule has 5 aromatic rings. The van der Waals surface area contributed by atoms with Crippen molar-refractivity contribution in [3.63, 3.8) is 0 Å². The van der Waals surface area contributed by atoms with Gasteiger partial charge in [-0.1, -0.05) is 80.5 Å². The molecule has 0 aliphatic carbocycles. The van der Waals surface area contributed by atoms with Gasteiger partial charge in [-0.15, -0.1) is 0 Å². The van der Waals surface area contributed by atoms with Crippen molar-refractivity contribution >= 4 is 77.3 Å². The van der Waals surface area contributed by atoms with E-state index < -0.39 is 97.9 Å². The number of aromatic nitrogens is 8. The fourth-order valence-corrected chi connectivity index (χ4v) is 11.6. The van der Waals surface area contributed by atoms with E-state index in [1.807, 2.05) is 40.8 Å². The second kappa shape index (κ2) is 22.9. The predicted molar refractivity (Wildman–Crippen MR) is 280 cm³/mol. The van der Waals surface area contributed by atoms with Crippen LogP contribution < -0.4 is 16.2 Å². The molecule has 9 atom stereocenters. The number of benzene rings is 1. The number of carboxylic acid groups (broad SMARTS) is 1. The minimum absolute atomic E-state index is 0.0189. The van der Waals surface area contributed by atoms with Crippen LogP contribution in [0.2, 0.25) is 36.3 Å². The van der Waals surface area contributed by atoms with Crippen LogP contribution in [0.3, 0.4) is 0 Å². The first-order chi connectivity index (χ1) is 35.2. The monoisotopic (exact) mass is 1090 g/mol. The average Bonchev–Trinajstić information content (AvgIpc) is 4.11. The molecule has 4 aromatic heterocycles. The lowest BCUT2D eigenvalue weighted by Gasteiger charge is -2.41. The van der Waals surface area contributed by atoms with Gasteiger partial charge < -0.3 is 47.1 Å². The molecule has 7 rings (SSSR count). The fourth-order valence-electron chi connectivity index (χ4n) is 7.83. The first kappa shape index (κ1) is 57.1. The lowest BCUT2D eigenvalue weighted by Crippen LogP contribution is -2.50. The highest BCUT2D eigenvalue weighted by molar-refractivity contribution is 7.41. The van der Waals surface area contributed by atoms with Crippen LogP contribution in [-0.2, 0) is 41.4 Å². The Bertz CT molecular complexity index is 2940. The topological polar surface area (TPSA) is 300 Å². The maximum absolute atomic E-state index is 13.4. The summed E-state index contributed by atoms with van der Waals surface area (Å²) in [6.45, 7) is 25.6.